The molecule has 7 heteroatoms. The highest BCUT2D eigenvalue weighted by Crippen LogP contribution is 2.43. The Kier molecular flexibility index (Phi) is 4.88. The molecule has 1 amide bonds. The second-order valence-corrected chi connectivity index (χ2v) is 7.25. The van der Waals surface area contributed by atoms with Crippen LogP contribution < -0.4 is 15.4 Å². The summed E-state index contributed by atoms with van der Waals surface area (Å²) < 4.78 is 6.21. The van der Waals surface area contributed by atoms with E-state index in [9.17, 15) is 10.1 Å². The second kappa shape index (κ2) is 6.96. The number of thiocarbonyl (C=S) groups is 1. The Morgan fingerprint density at radius 1 is 1.46 bits per heavy atom. The third-order valence-corrected chi connectivity index (χ3v) is 5.09. The van der Waals surface area contributed by atoms with Gasteiger partial charge in [-0.05, 0) is 50.7 Å². The van der Waals surface area contributed by atoms with Crippen molar-refractivity contribution >= 4 is 28.9 Å². The highest BCUT2D eigenvalue weighted by atomic mass is 32.1. The van der Waals surface area contributed by atoms with Gasteiger partial charge in [0.15, 0.2) is 5.11 Å². The molecule has 0 unspecified atom stereocenters. The smallest absolute Gasteiger partial charge is 0.227 e. The molecule has 26 heavy (non-hydrogen) atoms. The number of fused-ring (bicyclic) bond motifs is 1. The zero-order valence-corrected chi connectivity index (χ0v) is 16.0. The summed E-state index contributed by atoms with van der Waals surface area (Å²) in [5.41, 5.74) is 2.48. The minimum absolute atomic E-state index is 0.0969. The minimum Gasteiger partial charge on any atom is -0.483 e. The molecule has 1 aromatic carbocycles. The van der Waals surface area contributed by atoms with Crippen LogP contribution in [-0.4, -0.2) is 41.7 Å². The quantitative estimate of drug-likeness (QED) is 0.794. The maximum atomic E-state index is 12.5. The molecule has 0 aliphatic carbocycles. The van der Waals surface area contributed by atoms with Crippen LogP contribution in [-0.2, 0) is 4.79 Å². The molecule has 6 nitrogen and oxygen atoms in total. The Balaban J connectivity index is 2.17. The maximum Gasteiger partial charge on any atom is 0.227 e. The topological polar surface area (TPSA) is 77.4 Å². The highest BCUT2D eigenvalue weighted by Gasteiger charge is 2.39. The number of nitrogens with zero attached hydrogens (tertiary/aromatic N) is 2. The molecule has 0 aromatic heterocycles. The lowest BCUT2D eigenvalue weighted by molar-refractivity contribution is -0.125. The van der Waals surface area contributed by atoms with Crippen molar-refractivity contribution in [1.29, 1.82) is 5.26 Å². The highest BCUT2D eigenvalue weighted by molar-refractivity contribution is 7.80. The number of amides is 1. The molecule has 0 radical (unpaired) electrons. The van der Waals surface area contributed by atoms with E-state index in [0.717, 1.165) is 23.3 Å². The molecule has 1 fully saturated rings. The van der Waals surface area contributed by atoms with Crippen molar-refractivity contribution in [2.24, 2.45) is 0 Å². The largest absolute Gasteiger partial charge is 0.483 e. The summed E-state index contributed by atoms with van der Waals surface area (Å²) in [7, 11) is 1.76. The average Bonchev–Trinajstić information content (AvgIpc) is 3.03. The number of hydrogen-bond donors (Lipinski definition) is 2. The first-order chi connectivity index (χ1) is 12.4. The molecule has 3 rings (SSSR count). The van der Waals surface area contributed by atoms with Crippen molar-refractivity contribution in [3.05, 3.63) is 34.9 Å². The molecule has 136 valence electrons. The van der Waals surface area contributed by atoms with Gasteiger partial charge in [0.05, 0.1) is 17.3 Å². The van der Waals surface area contributed by atoms with E-state index < -0.39 is 5.60 Å². The summed E-state index contributed by atoms with van der Waals surface area (Å²) in [6.07, 6.45) is 1.36. The molecule has 0 spiro atoms. The third-order valence-electron chi connectivity index (χ3n) is 4.74. The number of nitrogens with one attached hydrogen (secondary N) is 2. The number of hydrogen-bond acceptors (Lipinski definition) is 4. The van der Waals surface area contributed by atoms with Gasteiger partial charge in [-0.1, -0.05) is 0 Å². The first kappa shape index (κ1) is 18.2. The average molecular weight is 370 g/mol. The molecule has 2 aliphatic heterocycles. The van der Waals surface area contributed by atoms with Crippen molar-refractivity contribution in [2.75, 3.05) is 20.1 Å². The fraction of sp³-hybridized carbons (Fsp3) is 0.421. The van der Waals surface area contributed by atoms with E-state index in [1.54, 1.807) is 25.2 Å². The molecular formula is C19H22N4O2S. The van der Waals surface area contributed by atoms with Crippen LogP contribution in [0.1, 0.15) is 37.8 Å². The number of benzene rings is 1. The number of carbonyl (C=O) groups excluding carboxylic acids is 1. The standard InChI is InChI=1S/C19H22N4O2S/c1-19(2)14(11-22-18(26)21-3)17(23-8-4-5-16(23)24)13-9-12(10-20)6-7-15(13)25-19/h6-7,9H,4-5,8,11H2,1-3H3,(H2,21,22,26). The van der Waals surface area contributed by atoms with E-state index in [1.807, 2.05) is 18.7 Å². The van der Waals surface area contributed by atoms with Crippen LogP contribution >= 0.6 is 12.2 Å². The summed E-state index contributed by atoms with van der Waals surface area (Å²) in [4.78, 5) is 14.3. The Bertz CT molecular complexity index is 838. The van der Waals surface area contributed by atoms with Crippen LogP contribution in [0.5, 0.6) is 5.75 Å². The number of ether oxygens (including phenoxy) is 1. The third kappa shape index (κ3) is 3.25. The van der Waals surface area contributed by atoms with Gasteiger partial charge in [-0.15, -0.1) is 0 Å². The lowest BCUT2D eigenvalue weighted by atomic mass is 9.88. The molecule has 2 aliphatic rings. The van der Waals surface area contributed by atoms with Gasteiger partial charge in [-0.3, -0.25) is 4.79 Å². The summed E-state index contributed by atoms with van der Waals surface area (Å²) in [5.74, 6) is 0.781. The zero-order chi connectivity index (χ0) is 18.9. The Morgan fingerprint density at radius 2 is 2.23 bits per heavy atom. The Morgan fingerprint density at radius 3 is 2.85 bits per heavy atom. The lowest BCUT2D eigenvalue weighted by Crippen LogP contribution is -2.44. The first-order valence-electron chi connectivity index (χ1n) is 8.60. The van der Waals surface area contributed by atoms with Crippen LogP contribution in [0.15, 0.2) is 23.8 Å². The van der Waals surface area contributed by atoms with Crippen LogP contribution in [0, 0.1) is 11.3 Å². The van der Waals surface area contributed by atoms with Crippen molar-refractivity contribution in [1.82, 2.24) is 15.5 Å². The molecule has 0 bridgehead atoms. The second-order valence-electron chi connectivity index (χ2n) is 6.84. The zero-order valence-electron chi connectivity index (χ0n) is 15.2. The molecular weight excluding hydrogens is 348 g/mol. The van der Waals surface area contributed by atoms with E-state index in [2.05, 4.69) is 16.7 Å². The van der Waals surface area contributed by atoms with E-state index in [0.29, 0.717) is 35.9 Å². The minimum atomic E-state index is -0.615. The van der Waals surface area contributed by atoms with Crippen molar-refractivity contribution in [3.8, 4) is 11.8 Å². The molecule has 2 N–H and O–H groups in total. The van der Waals surface area contributed by atoms with Gasteiger partial charge in [-0.25, -0.2) is 0 Å². The van der Waals surface area contributed by atoms with Crippen LogP contribution in [0.4, 0.5) is 0 Å². The number of nitriles is 1. The van der Waals surface area contributed by atoms with Gasteiger partial charge in [0, 0.05) is 37.7 Å². The predicted octanol–water partition coefficient (Wildman–Crippen LogP) is 2.16. The summed E-state index contributed by atoms with van der Waals surface area (Å²) >= 11 is 5.20. The number of likely N-dealkylation sites (tertiary alicyclic amines) is 1. The fourth-order valence-electron chi connectivity index (χ4n) is 3.40. The Hall–Kier alpha value is -2.59. The fourth-order valence-corrected chi connectivity index (χ4v) is 3.48. The van der Waals surface area contributed by atoms with Gasteiger partial charge in [0.25, 0.3) is 0 Å². The van der Waals surface area contributed by atoms with Crippen LogP contribution in [0.2, 0.25) is 0 Å². The van der Waals surface area contributed by atoms with E-state index in [-0.39, 0.29) is 5.91 Å². The van der Waals surface area contributed by atoms with E-state index in [4.69, 9.17) is 17.0 Å². The van der Waals surface area contributed by atoms with Crippen LogP contribution in [0.3, 0.4) is 0 Å². The van der Waals surface area contributed by atoms with Gasteiger partial charge in [-0.2, -0.15) is 5.26 Å². The van der Waals surface area contributed by atoms with Crippen molar-refractivity contribution in [2.45, 2.75) is 32.3 Å². The number of rotatable bonds is 3. The normalized spacial score (nSPS) is 18.1. The summed E-state index contributed by atoms with van der Waals surface area (Å²) in [6.45, 7) is 5.07. The van der Waals surface area contributed by atoms with Crippen molar-refractivity contribution < 1.29 is 9.53 Å². The van der Waals surface area contributed by atoms with Gasteiger partial charge in [0.1, 0.15) is 11.4 Å². The lowest BCUT2D eigenvalue weighted by Gasteiger charge is -2.39. The van der Waals surface area contributed by atoms with Crippen molar-refractivity contribution in [3.63, 3.8) is 0 Å². The number of carbonyl (C=O) groups is 1. The Labute approximate surface area is 158 Å². The molecule has 0 saturated carbocycles. The summed E-state index contributed by atoms with van der Waals surface area (Å²) in [5, 5.41) is 15.9. The summed E-state index contributed by atoms with van der Waals surface area (Å²) in [6, 6.07) is 7.50. The monoisotopic (exact) mass is 370 g/mol. The van der Waals surface area contributed by atoms with Crippen LogP contribution in [0.25, 0.3) is 5.70 Å². The molecule has 1 saturated heterocycles. The molecule has 0 atom stereocenters. The molecule has 1 aromatic rings. The predicted molar refractivity (Wildman–Crippen MR) is 103 cm³/mol. The van der Waals surface area contributed by atoms with Gasteiger partial charge < -0.3 is 20.3 Å². The van der Waals surface area contributed by atoms with Gasteiger partial charge >= 0.3 is 0 Å². The van der Waals surface area contributed by atoms with Gasteiger partial charge in [0.2, 0.25) is 5.91 Å². The SMILES string of the molecule is CNC(=S)NCC1=C(N2CCCC2=O)c2cc(C#N)ccc2OC1(C)C. The molecule has 2 heterocycles. The first-order valence-corrected chi connectivity index (χ1v) is 9.01. The maximum absolute atomic E-state index is 12.5. The van der Waals surface area contributed by atoms with E-state index in [1.165, 1.54) is 0 Å². The van der Waals surface area contributed by atoms with E-state index >= 15 is 0 Å².